The zero-order valence-corrected chi connectivity index (χ0v) is 13.3. The van der Waals surface area contributed by atoms with Gasteiger partial charge >= 0.3 is 0 Å². The molecule has 0 bridgehead atoms. The number of piperazine rings is 1. The van der Waals surface area contributed by atoms with Crippen LogP contribution in [0.2, 0.25) is 0 Å². The molecule has 4 heteroatoms. The summed E-state index contributed by atoms with van der Waals surface area (Å²) in [6.07, 6.45) is 4.64. The number of nitrogens with zero attached hydrogens (tertiary/aromatic N) is 3. The van der Waals surface area contributed by atoms with Gasteiger partial charge in [0.1, 0.15) is 0 Å². The maximum Gasteiger partial charge on any atom is 0.222 e. The molecule has 0 aliphatic carbocycles. The molecule has 2 aliphatic heterocycles. The van der Waals surface area contributed by atoms with E-state index in [0.29, 0.717) is 12.3 Å². The van der Waals surface area contributed by atoms with Crippen molar-refractivity contribution < 1.29 is 4.79 Å². The fourth-order valence-corrected chi connectivity index (χ4v) is 3.48. The Bertz CT molecular complexity index is 292. The predicted octanol–water partition coefficient (Wildman–Crippen LogP) is 1.66. The van der Waals surface area contributed by atoms with Crippen LogP contribution in [0.4, 0.5) is 0 Å². The maximum absolute atomic E-state index is 11.7. The van der Waals surface area contributed by atoms with Gasteiger partial charge in [0.15, 0.2) is 0 Å². The van der Waals surface area contributed by atoms with Gasteiger partial charge in [-0.25, -0.2) is 0 Å². The van der Waals surface area contributed by atoms with E-state index in [1.807, 2.05) is 11.8 Å². The first-order chi connectivity index (χ1) is 9.72. The average Bonchev–Trinajstić information content (AvgIpc) is 2.49. The van der Waals surface area contributed by atoms with E-state index in [2.05, 4.69) is 16.7 Å². The molecule has 0 radical (unpaired) electrons. The molecule has 0 spiro atoms. The lowest BCUT2D eigenvalue weighted by Crippen LogP contribution is -2.50. The summed E-state index contributed by atoms with van der Waals surface area (Å²) in [5.74, 6) is 1.19. The van der Waals surface area contributed by atoms with Crippen molar-refractivity contribution in [2.24, 2.45) is 5.92 Å². The van der Waals surface area contributed by atoms with E-state index < -0.39 is 0 Å². The first-order valence-electron chi connectivity index (χ1n) is 8.45. The average molecular weight is 281 g/mol. The van der Waals surface area contributed by atoms with Crippen LogP contribution in [0, 0.1) is 5.92 Å². The molecule has 0 aromatic carbocycles. The SMILES string of the molecule is CCCN1CCC(CN2CCN(C(=O)CC)CC2)CC1. The van der Waals surface area contributed by atoms with E-state index in [1.165, 1.54) is 45.4 Å². The Kier molecular flexibility index (Phi) is 6.30. The summed E-state index contributed by atoms with van der Waals surface area (Å²) < 4.78 is 0. The molecular formula is C16H31N3O. The first kappa shape index (κ1) is 15.8. The van der Waals surface area contributed by atoms with Crippen molar-refractivity contribution in [1.82, 2.24) is 14.7 Å². The second-order valence-electron chi connectivity index (χ2n) is 6.32. The predicted molar refractivity (Wildman–Crippen MR) is 82.8 cm³/mol. The van der Waals surface area contributed by atoms with Gasteiger partial charge in [-0.15, -0.1) is 0 Å². The van der Waals surface area contributed by atoms with Crippen LogP contribution in [-0.2, 0) is 4.79 Å². The number of piperidine rings is 1. The first-order valence-corrected chi connectivity index (χ1v) is 8.45. The number of carbonyl (C=O) groups is 1. The molecule has 0 aromatic rings. The summed E-state index contributed by atoms with van der Waals surface area (Å²) in [6.45, 7) is 13.3. The van der Waals surface area contributed by atoms with Gasteiger partial charge in [0.25, 0.3) is 0 Å². The van der Waals surface area contributed by atoms with E-state index in [9.17, 15) is 4.79 Å². The van der Waals surface area contributed by atoms with Crippen LogP contribution in [-0.4, -0.2) is 73.0 Å². The fourth-order valence-electron chi connectivity index (χ4n) is 3.48. The van der Waals surface area contributed by atoms with Crippen molar-refractivity contribution in [3.63, 3.8) is 0 Å². The number of rotatable bonds is 5. The number of carbonyl (C=O) groups excluding carboxylic acids is 1. The summed E-state index contributed by atoms with van der Waals surface area (Å²) >= 11 is 0. The molecule has 2 heterocycles. The minimum Gasteiger partial charge on any atom is -0.340 e. The Morgan fingerprint density at radius 2 is 1.60 bits per heavy atom. The third kappa shape index (κ3) is 4.45. The number of hydrogen-bond acceptors (Lipinski definition) is 3. The standard InChI is InChI=1S/C16H31N3O/c1-3-7-17-8-5-15(6-9-17)14-18-10-12-19(13-11-18)16(20)4-2/h15H,3-14H2,1-2H3. The maximum atomic E-state index is 11.7. The fraction of sp³-hybridized carbons (Fsp3) is 0.938. The van der Waals surface area contributed by atoms with E-state index in [1.54, 1.807) is 0 Å². The highest BCUT2D eigenvalue weighted by atomic mass is 16.2. The monoisotopic (exact) mass is 281 g/mol. The Morgan fingerprint density at radius 1 is 0.950 bits per heavy atom. The zero-order chi connectivity index (χ0) is 14.4. The molecule has 2 saturated heterocycles. The smallest absolute Gasteiger partial charge is 0.222 e. The van der Waals surface area contributed by atoms with E-state index in [4.69, 9.17) is 0 Å². The lowest BCUT2D eigenvalue weighted by molar-refractivity contribution is -0.132. The van der Waals surface area contributed by atoms with Crippen LogP contribution in [0.1, 0.15) is 39.5 Å². The third-order valence-corrected chi connectivity index (χ3v) is 4.79. The van der Waals surface area contributed by atoms with Crippen LogP contribution in [0.5, 0.6) is 0 Å². The molecule has 0 atom stereocenters. The van der Waals surface area contributed by atoms with Crippen molar-refractivity contribution in [3.8, 4) is 0 Å². The minimum atomic E-state index is 0.317. The molecule has 2 fully saturated rings. The van der Waals surface area contributed by atoms with Gasteiger partial charge in [-0.1, -0.05) is 13.8 Å². The molecule has 0 unspecified atom stereocenters. The molecule has 0 aromatic heterocycles. The second-order valence-corrected chi connectivity index (χ2v) is 6.32. The quantitative estimate of drug-likeness (QED) is 0.767. The Morgan fingerprint density at radius 3 is 2.15 bits per heavy atom. The highest BCUT2D eigenvalue weighted by Crippen LogP contribution is 2.19. The van der Waals surface area contributed by atoms with Crippen molar-refractivity contribution in [3.05, 3.63) is 0 Å². The molecule has 2 aliphatic rings. The van der Waals surface area contributed by atoms with Crippen LogP contribution in [0.25, 0.3) is 0 Å². The second kappa shape index (κ2) is 7.99. The lowest BCUT2D eigenvalue weighted by atomic mass is 9.96. The van der Waals surface area contributed by atoms with Crippen molar-refractivity contribution >= 4 is 5.91 Å². The van der Waals surface area contributed by atoms with Gasteiger partial charge in [-0.3, -0.25) is 9.69 Å². The zero-order valence-electron chi connectivity index (χ0n) is 13.3. The Hall–Kier alpha value is -0.610. The summed E-state index contributed by atoms with van der Waals surface area (Å²) in [5, 5.41) is 0. The molecule has 1 amide bonds. The normalized spacial score (nSPS) is 23.2. The summed E-state index contributed by atoms with van der Waals surface area (Å²) in [4.78, 5) is 18.9. The van der Waals surface area contributed by atoms with E-state index >= 15 is 0 Å². The van der Waals surface area contributed by atoms with Gasteiger partial charge < -0.3 is 9.80 Å². The van der Waals surface area contributed by atoms with E-state index in [-0.39, 0.29) is 0 Å². The summed E-state index contributed by atoms with van der Waals surface area (Å²) in [5.41, 5.74) is 0. The van der Waals surface area contributed by atoms with Crippen LogP contribution in [0.15, 0.2) is 0 Å². The molecule has 116 valence electrons. The number of amides is 1. The van der Waals surface area contributed by atoms with Gasteiger partial charge in [0, 0.05) is 39.1 Å². The Balaban J connectivity index is 1.65. The third-order valence-electron chi connectivity index (χ3n) is 4.79. The highest BCUT2D eigenvalue weighted by Gasteiger charge is 2.24. The topological polar surface area (TPSA) is 26.8 Å². The largest absolute Gasteiger partial charge is 0.340 e. The van der Waals surface area contributed by atoms with Crippen molar-refractivity contribution in [2.45, 2.75) is 39.5 Å². The Labute approximate surface area is 124 Å². The van der Waals surface area contributed by atoms with Gasteiger partial charge in [0.2, 0.25) is 5.91 Å². The summed E-state index contributed by atoms with van der Waals surface area (Å²) in [7, 11) is 0. The molecular weight excluding hydrogens is 250 g/mol. The van der Waals surface area contributed by atoms with Crippen LogP contribution in [0.3, 0.4) is 0 Å². The molecule has 4 nitrogen and oxygen atoms in total. The summed E-state index contributed by atoms with van der Waals surface area (Å²) in [6, 6.07) is 0. The number of hydrogen-bond donors (Lipinski definition) is 0. The van der Waals surface area contributed by atoms with E-state index in [0.717, 1.165) is 32.1 Å². The van der Waals surface area contributed by atoms with Crippen LogP contribution < -0.4 is 0 Å². The van der Waals surface area contributed by atoms with Crippen molar-refractivity contribution in [1.29, 1.82) is 0 Å². The molecule has 2 rings (SSSR count). The molecule has 0 saturated carbocycles. The minimum absolute atomic E-state index is 0.317. The van der Waals surface area contributed by atoms with Gasteiger partial charge in [0.05, 0.1) is 0 Å². The molecule has 0 N–H and O–H groups in total. The van der Waals surface area contributed by atoms with Crippen molar-refractivity contribution in [2.75, 3.05) is 52.4 Å². The van der Waals surface area contributed by atoms with Crippen LogP contribution >= 0.6 is 0 Å². The lowest BCUT2D eigenvalue weighted by Gasteiger charge is -2.38. The van der Waals surface area contributed by atoms with Gasteiger partial charge in [-0.05, 0) is 44.8 Å². The molecule has 20 heavy (non-hydrogen) atoms. The number of likely N-dealkylation sites (tertiary alicyclic amines) is 1. The van der Waals surface area contributed by atoms with Gasteiger partial charge in [-0.2, -0.15) is 0 Å². The highest BCUT2D eigenvalue weighted by molar-refractivity contribution is 5.75.